The lowest BCUT2D eigenvalue weighted by Crippen LogP contribution is -2.20. The summed E-state index contributed by atoms with van der Waals surface area (Å²) in [6.45, 7) is 4.16. The summed E-state index contributed by atoms with van der Waals surface area (Å²) >= 11 is 0. The van der Waals surface area contributed by atoms with Crippen molar-refractivity contribution in [2.45, 2.75) is 20.0 Å². The van der Waals surface area contributed by atoms with Gasteiger partial charge in [0.25, 0.3) is 0 Å². The minimum atomic E-state index is 0.265. The Hall–Kier alpha value is -2.19. The van der Waals surface area contributed by atoms with E-state index in [1.807, 2.05) is 18.2 Å². The van der Waals surface area contributed by atoms with Gasteiger partial charge in [-0.1, -0.05) is 75.3 Å². The Morgan fingerprint density at radius 1 is 0.852 bits per heavy atom. The van der Waals surface area contributed by atoms with Gasteiger partial charge in [0.15, 0.2) is 6.79 Å². The summed E-state index contributed by atoms with van der Waals surface area (Å²) in [5.74, 6) is 0.893. The van der Waals surface area contributed by atoms with Gasteiger partial charge in [0.05, 0.1) is 0 Å². The first-order chi connectivity index (χ1) is 13.3. The average Bonchev–Trinajstić information content (AvgIpc) is 2.70. The number of hydrogen-bond acceptors (Lipinski definition) is 3. The summed E-state index contributed by atoms with van der Waals surface area (Å²) in [6, 6.07) is 25.2. The van der Waals surface area contributed by atoms with E-state index in [0.717, 1.165) is 18.8 Å². The van der Waals surface area contributed by atoms with E-state index in [2.05, 4.69) is 66.8 Å². The van der Waals surface area contributed by atoms with Gasteiger partial charge in [-0.15, -0.1) is 0 Å². The van der Waals surface area contributed by atoms with E-state index in [4.69, 9.17) is 9.47 Å². The molecule has 0 aliphatic heterocycles. The molecular formula is C23H26NO2P. The largest absolute Gasteiger partial charge is 0.467 e. The molecule has 1 N–H and O–H groups in total. The minimum Gasteiger partial charge on any atom is -0.467 e. The normalized spacial score (nSPS) is 11.2. The van der Waals surface area contributed by atoms with E-state index >= 15 is 0 Å². The number of ether oxygens (including phenoxy) is 2. The lowest BCUT2D eigenvalue weighted by atomic mass is 10.1. The van der Waals surface area contributed by atoms with E-state index < -0.39 is 0 Å². The number of nitrogens with one attached hydrogen (secondary N) is 1. The predicted octanol–water partition coefficient (Wildman–Crippen LogP) is 3.90. The van der Waals surface area contributed by atoms with Crippen LogP contribution in [0.25, 0.3) is 0 Å². The van der Waals surface area contributed by atoms with Crippen LogP contribution in [0.4, 0.5) is 0 Å². The van der Waals surface area contributed by atoms with Crippen molar-refractivity contribution >= 4 is 19.2 Å². The van der Waals surface area contributed by atoms with Gasteiger partial charge in [-0.25, -0.2) is 0 Å². The van der Waals surface area contributed by atoms with Crippen molar-refractivity contribution < 1.29 is 9.47 Å². The molecule has 0 spiro atoms. The smallest absolute Gasteiger partial charge is 0.188 e. The van der Waals surface area contributed by atoms with Crippen LogP contribution >= 0.6 is 8.58 Å². The van der Waals surface area contributed by atoms with Crippen molar-refractivity contribution in [3.8, 4) is 5.75 Å². The standard InChI is InChI=1S/C23H26NO2P/c1-18-9-8-12-20(16-24-15-19-10-4-3-5-11-19)23(18)27-22-14-7-6-13-21(22)26-17-25-2/h3-14,24,27H,15-17H2,1-2H3. The second-order valence-corrected chi connectivity index (χ2v) is 7.66. The topological polar surface area (TPSA) is 30.5 Å². The molecule has 0 fully saturated rings. The zero-order valence-electron chi connectivity index (χ0n) is 15.9. The maximum absolute atomic E-state index is 5.75. The summed E-state index contributed by atoms with van der Waals surface area (Å²) in [7, 11) is 2.18. The van der Waals surface area contributed by atoms with Crippen molar-refractivity contribution in [1.82, 2.24) is 5.32 Å². The third kappa shape index (κ3) is 5.64. The molecular weight excluding hydrogens is 353 g/mol. The molecule has 0 heterocycles. The lowest BCUT2D eigenvalue weighted by molar-refractivity contribution is 0.0519. The molecule has 3 rings (SSSR count). The predicted molar refractivity (Wildman–Crippen MR) is 115 cm³/mol. The van der Waals surface area contributed by atoms with E-state index in [1.165, 1.54) is 27.3 Å². The molecule has 1 atom stereocenters. The van der Waals surface area contributed by atoms with Crippen LogP contribution in [0.15, 0.2) is 72.8 Å². The number of methoxy groups -OCH3 is 1. The van der Waals surface area contributed by atoms with Gasteiger partial charge >= 0.3 is 0 Å². The quantitative estimate of drug-likeness (QED) is 0.452. The van der Waals surface area contributed by atoms with Gasteiger partial charge in [-0.3, -0.25) is 0 Å². The monoisotopic (exact) mass is 379 g/mol. The molecule has 140 valence electrons. The summed E-state index contributed by atoms with van der Waals surface area (Å²) < 4.78 is 10.8. The average molecular weight is 379 g/mol. The summed E-state index contributed by atoms with van der Waals surface area (Å²) in [5.41, 5.74) is 3.95. The van der Waals surface area contributed by atoms with Crippen LogP contribution in [0.3, 0.4) is 0 Å². The molecule has 1 unspecified atom stereocenters. The molecule has 4 heteroatoms. The van der Waals surface area contributed by atoms with Crippen molar-refractivity contribution in [2.75, 3.05) is 13.9 Å². The summed E-state index contributed by atoms with van der Waals surface area (Å²) in [5, 5.41) is 6.16. The Morgan fingerprint density at radius 2 is 1.63 bits per heavy atom. The Balaban J connectivity index is 1.74. The highest BCUT2D eigenvalue weighted by molar-refractivity contribution is 7.56. The first-order valence-electron chi connectivity index (χ1n) is 9.09. The SMILES string of the molecule is COCOc1ccccc1Pc1c(C)cccc1CNCc1ccccc1. The molecule has 0 saturated carbocycles. The zero-order valence-corrected chi connectivity index (χ0v) is 16.9. The minimum absolute atomic E-state index is 0.265. The second kappa shape index (κ2) is 10.2. The summed E-state index contributed by atoms with van der Waals surface area (Å²) in [4.78, 5) is 0. The first kappa shape index (κ1) is 19.6. The number of aryl methyl sites for hydroxylation is 1. The fourth-order valence-electron chi connectivity index (χ4n) is 2.94. The molecule has 3 nitrogen and oxygen atoms in total. The van der Waals surface area contributed by atoms with E-state index in [0.29, 0.717) is 8.58 Å². The lowest BCUT2D eigenvalue weighted by Gasteiger charge is -2.16. The van der Waals surface area contributed by atoms with Crippen molar-refractivity contribution in [3.63, 3.8) is 0 Å². The van der Waals surface area contributed by atoms with Crippen molar-refractivity contribution in [1.29, 1.82) is 0 Å². The molecule has 0 saturated heterocycles. The van der Waals surface area contributed by atoms with E-state index in [1.54, 1.807) is 7.11 Å². The van der Waals surface area contributed by atoms with Crippen LogP contribution in [0.2, 0.25) is 0 Å². The van der Waals surface area contributed by atoms with Crippen LogP contribution < -0.4 is 20.7 Å². The maximum Gasteiger partial charge on any atom is 0.188 e. The second-order valence-electron chi connectivity index (χ2n) is 6.37. The molecule has 0 aromatic heterocycles. The van der Waals surface area contributed by atoms with Gasteiger partial charge in [0.1, 0.15) is 5.75 Å². The van der Waals surface area contributed by atoms with Crippen molar-refractivity contribution in [2.24, 2.45) is 0 Å². The van der Waals surface area contributed by atoms with Crippen LogP contribution in [-0.2, 0) is 17.8 Å². The summed E-state index contributed by atoms with van der Waals surface area (Å²) in [6.07, 6.45) is 0. The third-order valence-electron chi connectivity index (χ3n) is 4.33. The number of para-hydroxylation sites is 1. The number of benzene rings is 3. The number of rotatable bonds is 9. The molecule has 0 amide bonds. The molecule has 0 bridgehead atoms. The third-order valence-corrected chi connectivity index (χ3v) is 5.97. The van der Waals surface area contributed by atoms with Crippen molar-refractivity contribution in [3.05, 3.63) is 89.5 Å². The van der Waals surface area contributed by atoms with E-state index in [-0.39, 0.29) is 6.79 Å². The van der Waals surface area contributed by atoms with Crippen LogP contribution in [0, 0.1) is 6.92 Å². The Bertz CT molecular complexity index is 852. The van der Waals surface area contributed by atoms with Gasteiger partial charge in [0.2, 0.25) is 0 Å². The van der Waals surface area contributed by atoms with Gasteiger partial charge in [0, 0.05) is 25.5 Å². The highest BCUT2D eigenvalue weighted by Gasteiger charge is 2.10. The van der Waals surface area contributed by atoms with E-state index in [9.17, 15) is 0 Å². The molecule has 3 aromatic carbocycles. The Kier molecular flexibility index (Phi) is 7.41. The maximum atomic E-state index is 5.75. The highest BCUT2D eigenvalue weighted by Crippen LogP contribution is 2.22. The van der Waals surface area contributed by atoms with Crippen LogP contribution in [0.1, 0.15) is 16.7 Å². The fraction of sp³-hybridized carbons (Fsp3) is 0.217. The molecule has 0 aliphatic rings. The molecule has 0 aliphatic carbocycles. The van der Waals surface area contributed by atoms with Crippen LogP contribution in [-0.4, -0.2) is 13.9 Å². The number of hydrogen-bond donors (Lipinski definition) is 1. The fourth-order valence-corrected chi connectivity index (χ4v) is 4.29. The highest BCUT2D eigenvalue weighted by atomic mass is 31.1. The molecule has 3 aromatic rings. The van der Waals surface area contributed by atoms with Gasteiger partial charge in [-0.05, 0) is 35.0 Å². The zero-order chi connectivity index (χ0) is 18.9. The molecule has 0 radical (unpaired) electrons. The van der Waals surface area contributed by atoms with Gasteiger partial charge in [-0.2, -0.15) is 0 Å². The first-order valence-corrected chi connectivity index (χ1v) is 10.1. The Morgan fingerprint density at radius 3 is 2.44 bits per heavy atom. The Labute approximate surface area is 163 Å². The van der Waals surface area contributed by atoms with Gasteiger partial charge < -0.3 is 14.8 Å². The molecule has 27 heavy (non-hydrogen) atoms. The van der Waals surface area contributed by atoms with Crippen LogP contribution in [0.5, 0.6) is 5.75 Å².